The number of rotatable bonds is 4. The van der Waals surface area contributed by atoms with Gasteiger partial charge in [0.25, 0.3) is 5.69 Å². The normalized spacial score (nSPS) is 19.7. The Kier molecular flexibility index (Phi) is 4.18. The fourth-order valence-corrected chi connectivity index (χ4v) is 3.17. The highest BCUT2D eigenvalue weighted by Gasteiger charge is 2.39. The molecule has 114 valence electrons. The van der Waals surface area contributed by atoms with E-state index in [9.17, 15) is 14.7 Å². The second kappa shape index (κ2) is 5.60. The Morgan fingerprint density at radius 2 is 1.86 bits per heavy atom. The van der Waals surface area contributed by atoms with Gasteiger partial charge in [0.2, 0.25) is 0 Å². The topological polar surface area (TPSA) is 87.9 Å². The first-order valence-electron chi connectivity index (χ1n) is 6.23. The third-order valence-electron chi connectivity index (χ3n) is 2.85. The van der Waals surface area contributed by atoms with E-state index in [4.69, 9.17) is 13.6 Å². The molecule has 0 amide bonds. The van der Waals surface area contributed by atoms with Crippen molar-refractivity contribution in [2.24, 2.45) is 5.41 Å². The zero-order valence-corrected chi connectivity index (χ0v) is 12.7. The van der Waals surface area contributed by atoms with Crippen molar-refractivity contribution in [2.45, 2.75) is 13.8 Å². The van der Waals surface area contributed by atoms with E-state index in [1.54, 1.807) is 0 Å². The van der Waals surface area contributed by atoms with Crippen LogP contribution in [0, 0.1) is 15.5 Å². The minimum absolute atomic E-state index is 0.0508. The van der Waals surface area contributed by atoms with Gasteiger partial charge in [-0.3, -0.25) is 19.2 Å². The van der Waals surface area contributed by atoms with E-state index < -0.39 is 12.7 Å². The predicted molar refractivity (Wildman–Crippen MR) is 76.5 cm³/mol. The largest absolute Gasteiger partial charge is 0.530 e. The van der Waals surface area contributed by atoms with Crippen LogP contribution < -0.4 is 0 Å². The first-order valence-corrected chi connectivity index (χ1v) is 7.69. The first-order chi connectivity index (χ1) is 9.71. The van der Waals surface area contributed by atoms with E-state index in [2.05, 4.69) is 6.58 Å². The SMILES string of the molecule is C=C(OP1(=O)OCC(C)(C)CO1)c1ccc([N+](=O)[O-])cc1. The van der Waals surface area contributed by atoms with Crippen molar-refractivity contribution < 1.29 is 23.1 Å². The summed E-state index contributed by atoms with van der Waals surface area (Å²) in [5.74, 6) is 0.0768. The molecule has 0 radical (unpaired) electrons. The van der Waals surface area contributed by atoms with Gasteiger partial charge in [-0.25, -0.2) is 4.57 Å². The molecule has 2 rings (SSSR count). The fraction of sp³-hybridized carbons (Fsp3) is 0.385. The van der Waals surface area contributed by atoms with Crippen LogP contribution in [0.4, 0.5) is 5.69 Å². The molecular formula is C13H16NO6P. The van der Waals surface area contributed by atoms with Gasteiger partial charge in [0.1, 0.15) is 5.76 Å². The van der Waals surface area contributed by atoms with Crippen LogP contribution in [0.5, 0.6) is 0 Å². The second-order valence-electron chi connectivity index (χ2n) is 5.48. The summed E-state index contributed by atoms with van der Waals surface area (Å²) in [6.07, 6.45) is 0. The van der Waals surface area contributed by atoms with Gasteiger partial charge in [0.05, 0.1) is 18.1 Å². The monoisotopic (exact) mass is 313 g/mol. The summed E-state index contributed by atoms with van der Waals surface area (Å²) in [6, 6.07) is 5.54. The van der Waals surface area contributed by atoms with Crippen LogP contribution in [-0.2, 0) is 18.1 Å². The van der Waals surface area contributed by atoms with Gasteiger partial charge in [-0.15, -0.1) is 0 Å². The maximum absolute atomic E-state index is 12.2. The lowest BCUT2D eigenvalue weighted by molar-refractivity contribution is -0.384. The van der Waals surface area contributed by atoms with Gasteiger partial charge in [-0.2, -0.15) is 0 Å². The predicted octanol–water partition coefficient (Wildman–Crippen LogP) is 3.76. The van der Waals surface area contributed by atoms with Crippen LogP contribution in [0.2, 0.25) is 0 Å². The quantitative estimate of drug-likeness (QED) is 0.364. The van der Waals surface area contributed by atoms with Crippen LogP contribution in [0.15, 0.2) is 30.8 Å². The number of non-ortho nitro benzene ring substituents is 1. The average molecular weight is 313 g/mol. The summed E-state index contributed by atoms with van der Waals surface area (Å²) in [5, 5.41) is 10.6. The Bertz CT molecular complexity index is 596. The van der Waals surface area contributed by atoms with Crippen molar-refractivity contribution in [3.63, 3.8) is 0 Å². The number of benzene rings is 1. The molecule has 0 bridgehead atoms. The fourth-order valence-electron chi connectivity index (χ4n) is 1.60. The highest BCUT2D eigenvalue weighted by molar-refractivity contribution is 7.48. The summed E-state index contributed by atoms with van der Waals surface area (Å²) in [7, 11) is -3.68. The van der Waals surface area contributed by atoms with Gasteiger partial charge in [0, 0.05) is 23.1 Å². The van der Waals surface area contributed by atoms with E-state index in [0.717, 1.165) is 0 Å². The highest BCUT2D eigenvalue weighted by atomic mass is 31.2. The lowest BCUT2D eigenvalue weighted by atomic mass is 9.97. The third-order valence-corrected chi connectivity index (χ3v) is 4.18. The van der Waals surface area contributed by atoms with Gasteiger partial charge in [-0.05, 0) is 12.1 Å². The molecule has 8 heteroatoms. The summed E-state index contributed by atoms with van der Waals surface area (Å²) in [4.78, 5) is 10.1. The van der Waals surface area contributed by atoms with Crippen molar-refractivity contribution in [3.05, 3.63) is 46.5 Å². The number of nitro benzene ring substituents is 1. The van der Waals surface area contributed by atoms with E-state index in [0.29, 0.717) is 5.56 Å². The van der Waals surface area contributed by atoms with Crippen LogP contribution in [0.1, 0.15) is 19.4 Å². The highest BCUT2D eigenvalue weighted by Crippen LogP contribution is 2.56. The lowest BCUT2D eigenvalue weighted by Gasteiger charge is -2.33. The van der Waals surface area contributed by atoms with E-state index >= 15 is 0 Å². The van der Waals surface area contributed by atoms with E-state index in [1.165, 1.54) is 24.3 Å². The molecule has 0 atom stereocenters. The molecule has 0 saturated carbocycles. The maximum Gasteiger partial charge on any atom is 0.530 e. The van der Waals surface area contributed by atoms with Gasteiger partial charge < -0.3 is 4.52 Å². The van der Waals surface area contributed by atoms with Crippen LogP contribution in [-0.4, -0.2) is 18.1 Å². The van der Waals surface area contributed by atoms with Crippen molar-refractivity contribution in [1.82, 2.24) is 0 Å². The Morgan fingerprint density at radius 3 is 2.33 bits per heavy atom. The van der Waals surface area contributed by atoms with Crippen molar-refractivity contribution >= 4 is 19.3 Å². The standard InChI is InChI=1S/C13H16NO6P/c1-10(11-4-6-12(7-5-11)14(15)16)20-21(17)18-8-13(2,3)9-19-21/h4-7H,1,8-9H2,2-3H3. The molecule has 1 fully saturated rings. The summed E-state index contributed by atoms with van der Waals surface area (Å²) < 4.78 is 27.8. The average Bonchev–Trinajstić information content (AvgIpc) is 2.43. The zero-order chi connectivity index (χ0) is 15.7. The van der Waals surface area contributed by atoms with Gasteiger partial charge in [0.15, 0.2) is 0 Å². The minimum atomic E-state index is -3.68. The molecule has 1 aromatic rings. The van der Waals surface area contributed by atoms with E-state index in [-0.39, 0.29) is 30.1 Å². The maximum atomic E-state index is 12.2. The molecule has 1 heterocycles. The van der Waals surface area contributed by atoms with Gasteiger partial charge >= 0.3 is 7.82 Å². The Hall–Kier alpha value is -1.69. The number of nitrogens with zero attached hydrogens (tertiary/aromatic N) is 1. The molecular weight excluding hydrogens is 297 g/mol. The molecule has 1 aliphatic rings. The number of hydrogen-bond acceptors (Lipinski definition) is 6. The Morgan fingerprint density at radius 1 is 1.33 bits per heavy atom. The van der Waals surface area contributed by atoms with Crippen LogP contribution in [0.25, 0.3) is 5.76 Å². The lowest BCUT2D eigenvalue weighted by Crippen LogP contribution is -2.29. The van der Waals surface area contributed by atoms with Crippen molar-refractivity contribution in [3.8, 4) is 0 Å². The van der Waals surface area contributed by atoms with Crippen molar-refractivity contribution in [2.75, 3.05) is 13.2 Å². The molecule has 0 unspecified atom stereocenters. The van der Waals surface area contributed by atoms with Crippen LogP contribution >= 0.6 is 7.82 Å². The summed E-state index contributed by atoms with van der Waals surface area (Å²) in [6.45, 7) is 7.98. The van der Waals surface area contributed by atoms with Crippen molar-refractivity contribution in [1.29, 1.82) is 0 Å². The molecule has 21 heavy (non-hydrogen) atoms. The van der Waals surface area contributed by atoms with E-state index in [1.807, 2.05) is 13.8 Å². The number of hydrogen-bond donors (Lipinski definition) is 0. The Labute approximate surface area is 122 Å². The number of phosphoric acid groups is 1. The first kappa shape index (κ1) is 15.7. The smallest absolute Gasteiger partial charge is 0.404 e. The molecule has 7 nitrogen and oxygen atoms in total. The molecule has 1 aliphatic heterocycles. The molecule has 1 aromatic carbocycles. The number of nitro groups is 1. The molecule has 0 aromatic heterocycles. The molecule has 0 aliphatic carbocycles. The molecule has 0 N–H and O–H groups in total. The summed E-state index contributed by atoms with van der Waals surface area (Å²) >= 11 is 0. The zero-order valence-electron chi connectivity index (χ0n) is 11.8. The number of phosphoric ester groups is 1. The van der Waals surface area contributed by atoms with Crippen LogP contribution in [0.3, 0.4) is 0 Å². The third kappa shape index (κ3) is 3.91. The summed E-state index contributed by atoms with van der Waals surface area (Å²) in [5.41, 5.74) is 0.185. The van der Waals surface area contributed by atoms with Gasteiger partial charge in [-0.1, -0.05) is 20.4 Å². The molecule has 1 saturated heterocycles. The second-order valence-corrected chi connectivity index (χ2v) is 7.07. The molecule has 0 spiro atoms. The minimum Gasteiger partial charge on any atom is -0.404 e. The Balaban J connectivity index is 2.04.